The number of sulfonamides is 1. The highest BCUT2D eigenvalue weighted by atomic mass is 32.2. The molecule has 0 bridgehead atoms. The number of morpholine rings is 1. The predicted molar refractivity (Wildman–Crippen MR) is 126 cm³/mol. The number of hydrogen-bond acceptors (Lipinski definition) is 6. The van der Waals surface area contributed by atoms with Crippen LogP contribution in [0.25, 0.3) is 0 Å². The summed E-state index contributed by atoms with van der Waals surface area (Å²) in [6, 6.07) is 11.7. The van der Waals surface area contributed by atoms with E-state index in [-0.39, 0.29) is 17.5 Å². The van der Waals surface area contributed by atoms with E-state index in [1.54, 1.807) is 12.1 Å². The fourth-order valence-corrected chi connectivity index (χ4v) is 5.91. The van der Waals surface area contributed by atoms with Gasteiger partial charge in [-0.25, -0.2) is 13.1 Å². The van der Waals surface area contributed by atoms with Crippen LogP contribution < -0.4 is 14.4 Å². The van der Waals surface area contributed by atoms with Crippen LogP contribution in [-0.4, -0.2) is 66.9 Å². The van der Waals surface area contributed by atoms with Crippen LogP contribution in [-0.2, 0) is 21.2 Å². The Morgan fingerprint density at radius 2 is 1.91 bits per heavy atom. The summed E-state index contributed by atoms with van der Waals surface area (Å²) >= 11 is 0. The SMILES string of the molecule is COc1ccc(C)cc1S(=O)(=O)NC[C@H](c1ccc2c(c1)CCCN2C)N1CCOCC1. The Bertz CT molecular complexity index is 1050. The van der Waals surface area contributed by atoms with Crippen molar-refractivity contribution in [1.82, 2.24) is 9.62 Å². The maximum Gasteiger partial charge on any atom is 0.244 e. The highest BCUT2D eigenvalue weighted by Crippen LogP contribution is 2.31. The van der Waals surface area contributed by atoms with E-state index in [0.717, 1.165) is 43.6 Å². The molecule has 2 aromatic rings. The van der Waals surface area contributed by atoms with Crippen molar-refractivity contribution in [3.8, 4) is 5.75 Å². The monoisotopic (exact) mass is 459 g/mol. The van der Waals surface area contributed by atoms with Crippen LogP contribution in [0.15, 0.2) is 41.3 Å². The lowest BCUT2D eigenvalue weighted by molar-refractivity contribution is 0.0172. The Kier molecular flexibility index (Phi) is 7.05. The van der Waals surface area contributed by atoms with Crippen LogP contribution in [0.1, 0.15) is 29.2 Å². The standard InChI is InChI=1S/C24H33N3O4S/c1-18-6-9-23(30-3)24(15-18)32(28,29)25-17-22(27-11-13-31-14-12-27)20-7-8-21-19(16-20)5-4-10-26(21)2/h6-9,15-16,22,25H,4-5,10-14,17H2,1-3H3/t22-/m1/s1. The van der Waals surface area contributed by atoms with Gasteiger partial charge in [-0.3, -0.25) is 4.90 Å². The van der Waals surface area contributed by atoms with Gasteiger partial charge in [-0.15, -0.1) is 0 Å². The molecule has 0 saturated carbocycles. The number of hydrogen-bond donors (Lipinski definition) is 1. The summed E-state index contributed by atoms with van der Waals surface area (Å²) in [7, 11) is -0.119. The van der Waals surface area contributed by atoms with Crippen LogP contribution >= 0.6 is 0 Å². The minimum atomic E-state index is -3.73. The number of nitrogens with one attached hydrogen (secondary N) is 1. The molecule has 2 aromatic carbocycles. The lowest BCUT2D eigenvalue weighted by atomic mass is 9.96. The second-order valence-corrected chi connectivity index (χ2v) is 10.3. The molecular weight excluding hydrogens is 426 g/mol. The van der Waals surface area contributed by atoms with Crippen LogP contribution in [0.5, 0.6) is 5.75 Å². The Hall–Kier alpha value is -2.13. The van der Waals surface area contributed by atoms with Crippen molar-refractivity contribution in [1.29, 1.82) is 0 Å². The first-order valence-corrected chi connectivity index (χ1v) is 12.7. The number of ether oxygens (including phenoxy) is 2. The van der Waals surface area contributed by atoms with Gasteiger partial charge in [-0.1, -0.05) is 18.2 Å². The Morgan fingerprint density at radius 1 is 1.12 bits per heavy atom. The molecule has 4 rings (SSSR count). The molecule has 1 saturated heterocycles. The van der Waals surface area contributed by atoms with Crippen LogP contribution in [0.2, 0.25) is 0 Å². The minimum Gasteiger partial charge on any atom is -0.495 e. The van der Waals surface area contributed by atoms with Gasteiger partial charge in [-0.05, 0) is 54.7 Å². The van der Waals surface area contributed by atoms with Gasteiger partial charge in [0.15, 0.2) is 0 Å². The fraction of sp³-hybridized carbons (Fsp3) is 0.500. The molecule has 0 radical (unpaired) electrons. The largest absolute Gasteiger partial charge is 0.495 e. The first-order chi connectivity index (χ1) is 15.4. The Labute approximate surface area is 191 Å². The second kappa shape index (κ2) is 9.79. The summed E-state index contributed by atoms with van der Waals surface area (Å²) in [4.78, 5) is 4.78. The van der Waals surface area contributed by atoms with E-state index < -0.39 is 10.0 Å². The van der Waals surface area contributed by atoms with Crippen molar-refractivity contribution < 1.29 is 17.9 Å². The summed E-state index contributed by atoms with van der Waals surface area (Å²) in [5.41, 5.74) is 4.61. The van der Waals surface area contributed by atoms with Crippen molar-refractivity contribution in [3.05, 3.63) is 53.1 Å². The van der Waals surface area contributed by atoms with E-state index in [0.29, 0.717) is 19.0 Å². The topological polar surface area (TPSA) is 71.1 Å². The number of benzene rings is 2. The summed E-state index contributed by atoms with van der Waals surface area (Å²) in [5.74, 6) is 0.350. The number of methoxy groups -OCH3 is 1. The minimum absolute atomic E-state index is 0.0676. The molecule has 1 N–H and O–H groups in total. The number of nitrogens with zero attached hydrogens (tertiary/aromatic N) is 2. The maximum atomic E-state index is 13.2. The normalized spacial score (nSPS) is 18.3. The summed E-state index contributed by atoms with van der Waals surface area (Å²) < 4.78 is 40.2. The molecule has 32 heavy (non-hydrogen) atoms. The zero-order valence-electron chi connectivity index (χ0n) is 19.1. The highest BCUT2D eigenvalue weighted by Gasteiger charge is 2.27. The number of fused-ring (bicyclic) bond motifs is 1. The molecule has 0 spiro atoms. The molecule has 1 fully saturated rings. The Morgan fingerprint density at radius 3 is 2.66 bits per heavy atom. The van der Waals surface area contributed by atoms with Crippen molar-refractivity contribution in [3.63, 3.8) is 0 Å². The molecule has 2 aliphatic heterocycles. The zero-order valence-corrected chi connectivity index (χ0v) is 20.0. The van der Waals surface area contributed by atoms with Crippen molar-refractivity contribution in [2.75, 3.05) is 58.5 Å². The van der Waals surface area contributed by atoms with Crippen molar-refractivity contribution >= 4 is 15.7 Å². The van der Waals surface area contributed by atoms with Gasteiger partial charge in [0.2, 0.25) is 10.0 Å². The van der Waals surface area contributed by atoms with Gasteiger partial charge in [0.05, 0.1) is 20.3 Å². The zero-order chi connectivity index (χ0) is 22.7. The number of aryl methyl sites for hydroxylation is 2. The summed E-state index contributed by atoms with van der Waals surface area (Å²) in [6.07, 6.45) is 2.19. The molecule has 174 valence electrons. The molecule has 7 nitrogen and oxygen atoms in total. The maximum absolute atomic E-state index is 13.2. The quantitative estimate of drug-likeness (QED) is 0.687. The summed E-state index contributed by atoms with van der Waals surface area (Å²) in [6.45, 7) is 6.09. The molecule has 1 atom stereocenters. The van der Waals surface area contributed by atoms with Gasteiger partial charge >= 0.3 is 0 Å². The third-order valence-corrected chi connectivity index (χ3v) is 7.85. The lowest BCUT2D eigenvalue weighted by Gasteiger charge is -2.36. The van der Waals surface area contributed by atoms with Crippen molar-refractivity contribution in [2.45, 2.75) is 30.7 Å². The average molecular weight is 460 g/mol. The molecule has 0 amide bonds. The summed E-state index contributed by atoms with van der Waals surface area (Å²) in [5, 5.41) is 0. The molecule has 8 heteroatoms. The van der Waals surface area contributed by atoms with Crippen LogP contribution in [0, 0.1) is 6.92 Å². The van der Waals surface area contributed by atoms with E-state index in [9.17, 15) is 8.42 Å². The average Bonchev–Trinajstić information content (AvgIpc) is 2.80. The van der Waals surface area contributed by atoms with Gasteiger partial charge in [0, 0.05) is 45.0 Å². The van der Waals surface area contributed by atoms with Gasteiger partial charge in [0.1, 0.15) is 10.6 Å². The van der Waals surface area contributed by atoms with Gasteiger partial charge < -0.3 is 14.4 Å². The molecule has 0 aromatic heterocycles. The first-order valence-electron chi connectivity index (χ1n) is 11.2. The fourth-order valence-electron chi connectivity index (χ4n) is 4.62. The van der Waals surface area contributed by atoms with E-state index in [1.165, 1.54) is 18.4 Å². The smallest absolute Gasteiger partial charge is 0.244 e. The van der Waals surface area contributed by atoms with Crippen LogP contribution in [0.4, 0.5) is 5.69 Å². The van der Waals surface area contributed by atoms with Gasteiger partial charge in [-0.2, -0.15) is 0 Å². The number of rotatable bonds is 7. The van der Waals surface area contributed by atoms with E-state index in [2.05, 4.69) is 39.8 Å². The van der Waals surface area contributed by atoms with Crippen LogP contribution in [0.3, 0.4) is 0 Å². The van der Waals surface area contributed by atoms with E-state index >= 15 is 0 Å². The molecule has 0 unspecified atom stereocenters. The number of anilines is 1. The third kappa shape index (κ3) is 4.93. The predicted octanol–water partition coefficient (Wildman–Crippen LogP) is 2.74. The van der Waals surface area contributed by atoms with Gasteiger partial charge in [0.25, 0.3) is 0 Å². The van der Waals surface area contributed by atoms with E-state index in [4.69, 9.17) is 9.47 Å². The highest BCUT2D eigenvalue weighted by molar-refractivity contribution is 7.89. The first kappa shape index (κ1) is 23.0. The van der Waals surface area contributed by atoms with E-state index in [1.807, 2.05) is 13.0 Å². The molecular formula is C24H33N3O4S. The second-order valence-electron chi connectivity index (χ2n) is 8.58. The Balaban J connectivity index is 1.61. The molecule has 0 aliphatic carbocycles. The molecule has 2 heterocycles. The van der Waals surface area contributed by atoms with Crippen molar-refractivity contribution in [2.24, 2.45) is 0 Å². The third-order valence-electron chi connectivity index (χ3n) is 6.40. The molecule has 2 aliphatic rings. The lowest BCUT2D eigenvalue weighted by Crippen LogP contribution is -2.44.